The monoisotopic (exact) mass is 312 g/mol. The van der Waals surface area contributed by atoms with Crippen LogP contribution in [0, 0.1) is 0 Å². The summed E-state index contributed by atoms with van der Waals surface area (Å²) >= 11 is 0. The van der Waals surface area contributed by atoms with E-state index in [9.17, 15) is 8.42 Å². The van der Waals surface area contributed by atoms with Crippen molar-refractivity contribution in [1.82, 2.24) is 9.62 Å². The molecule has 0 aliphatic rings. The summed E-state index contributed by atoms with van der Waals surface area (Å²) in [4.78, 5) is 0.352. The second kappa shape index (κ2) is 8.51. The van der Waals surface area contributed by atoms with Crippen LogP contribution in [0.2, 0.25) is 0 Å². The van der Waals surface area contributed by atoms with E-state index in [1.165, 1.54) is 9.87 Å². The van der Waals surface area contributed by atoms with Gasteiger partial charge in [-0.1, -0.05) is 32.4 Å². The SMILES string of the molecule is CCCNC(CCC)Cc1ccc(S(=O)(=O)N(C)C)cc1. The summed E-state index contributed by atoms with van der Waals surface area (Å²) in [5.74, 6) is 0. The van der Waals surface area contributed by atoms with Crippen LogP contribution in [-0.2, 0) is 16.4 Å². The van der Waals surface area contributed by atoms with Crippen LogP contribution >= 0.6 is 0 Å². The van der Waals surface area contributed by atoms with Gasteiger partial charge in [0.15, 0.2) is 0 Å². The Morgan fingerprint density at radius 3 is 2.19 bits per heavy atom. The lowest BCUT2D eigenvalue weighted by molar-refractivity contribution is 0.473. The quantitative estimate of drug-likeness (QED) is 0.762. The van der Waals surface area contributed by atoms with Gasteiger partial charge in [0.25, 0.3) is 0 Å². The van der Waals surface area contributed by atoms with Gasteiger partial charge in [-0.3, -0.25) is 0 Å². The number of nitrogens with zero attached hydrogens (tertiary/aromatic N) is 1. The normalized spacial score (nSPS) is 13.6. The molecule has 0 aliphatic heterocycles. The number of hydrogen-bond acceptors (Lipinski definition) is 3. The maximum atomic E-state index is 12.0. The zero-order valence-electron chi connectivity index (χ0n) is 13.6. The minimum Gasteiger partial charge on any atom is -0.314 e. The Bertz CT molecular complexity index is 510. The first-order valence-corrected chi connectivity index (χ1v) is 9.10. The van der Waals surface area contributed by atoms with Crippen LogP contribution < -0.4 is 5.32 Å². The van der Waals surface area contributed by atoms with Gasteiger partial charge in [0.2, 0.25) is 10.0 Å². The Balaban J connectivity index is 2.77. The number of rotatable bonds is 9. The predicted octanol–water partition coefficient (Wildman–Crippen LogP) is 2.65. The van der Waals surface area contributed by atoms with Gasteiger partial charge in [-0.2, -0.15) is 0 Å². The molecule has 1 aromatic carbocycles. The molecule has 0 bridgehead atoms. The fourth-order valence-corrected chi connectivity index (χ4v) is 3.17. The maximum absolute atomic E-state index is 12.0. The molecule has 120 valence electrons. The third kappa shape index (κ3) is 5.41. The largest absolute Gasteiger partial charge is 0.314 e. The van der Waals surface area contributed by atoms with Crippen molar-refractivity contribution in [3.05, 3.63) is 29.8 Å². The zero-order valence-corrected chi connectivity index (χ0v) is 14.4. The van der Waals surface area contributed by atoms with Crippen LogP contribution in [0.5, 0.6) is 0 Å². The van der Waals surface area contributed by atoms with E-state index < -0.39 is 10.0 Å². The Kier molecular flexibility index (Phi) is 7.35. The van der Waals surface area contributed by atoms with Crippen LogP contribution in [-0.4, -0.2) is 39.4 Å². The van der Waals surface area contributed by atoms with Crippen LogP contribution in [0.4, 0.5) is 0 Å². The fraction of sp³-hybridized carbons (Fsp3) is 0.625. The van der Waals surface area contributed by atoms with E-state index in [2.05, 4.69) is 19.2 Å². The average molecular weight is 312 g/mol. The molecule has 0 amide bonds. The number of sulfonamides is 1. The van der Waals surface area contributed by atoms with Crippen LogP contribution in [0.1, 0.15) is 38.7 Å². The summed E-state index contributed by atoms with van der Waals surface area (Å²) in [5.41, 5.74) is 1.18. The second-order valence-corrected chi connectivity index (χ2v) is 7.73. The fourth-order valence-electron chi connectivity index (χ4n) is 2.27. The molecule has 0 spiro atoms. The van der Waals surface area contributed by atoms with Crippen LogP contribution in [0.3, 0.4) is 0 Å². The highest BCUT2D eigenvalue weighted by Crippen LogP contribution is 2.15. The van der Waals surface area contributed by atoms with Gasteiger partial charge in [0.05, 0.1) is 4.90 Å². The van der Waals surface area contributed by atoms with Crippen molar-refractivity contribution in [2.45, 2.75) is 50.5 Å². The molecule has 1 aromatic rings. The maximum Gasteiger partial charge on any atom is 0.242 e. The standard InChI is InChI=1S/C16H28N2O2S/c1-5-7-15(17-12-6-2)13-14-8-10-16(11-9-14)21(19,20)18(3)4/h8-11,15,17H,5-7,12-13H2,1-4H3. The molecule has 0 radical (unpaired) electrons. The van der Waals surface area contributed by atoms with Crippen molar-refractivity contribution in [2.24, 2.45) is 0 Å². The molecule has 0 heterocycles. The van der Waals surface area contributed by atoms with Crippen molar-refractivity contribution in [3.8, 4) is 0 Å². The average Bonchev–Trinajstić information content (AvgIpc) is 2.45. The van der Waals surface area contributed by atoms with E-state index in [0.29, 0.717) is 10.9 Å². The molecule has 1 rings (SSSR count). The number of nitrogens with one attached hydrogen (secondary N) is 1. The van der Waals surface area contributed by atoms with Gasteiger partial charge in [-0.25, -0.2) is 12.7 Å². The first kappa shape index (κ1) is 18.1. The highest BCUT2D eigenvalue weighted by molar-refractivity contribution is 7.89. The molecular weight excluding hydrogens is 284 g/mol. The van der Waals surface area contributed by atoms with Crippen LogP contribution in [0.15, 0.2) is 29.2 Å². The molecule has 21 heavy (non-hydrogen) atoms. The number of benzene rings is 1. The third-order valence-corrected chi connectivity index (χ3v) is 5.33. The Labute approximate surface area is 129 Å². The number of hydrogen-bond donors (Lipinski definition) is 1. The molecule has 1 N–H and O–H groups in total. The van der Waals surface area contributed by atoms with Crippen molar-refractivity contribution < 1.29 is 8.42 Å². The summed E-state index contributed by atoms with van der Waals surface area (Å²) in [6, 6.07) is 7.71. The molecule has 0 saturated carbocycles. The zero-order chi connectivity index (χ0) is 15.9. The topological polar surface area (TPSA) is 49.4 Å². The molecule has 4 nitrogen and oxygen atoms in total. The minimum atomic E-state index is -3.33. The van der Waals surface area contributed by atoms with E-state index in [1.807, 2.05) is 12.1 Å². The van der Waals surface area contributed by atoms with Gasteiger partial charge in [-0.15, -0.1) is 0 Å². The third-order valence-electron chi connectivity index (χ3n) is 3.50. The summed E-state index contributed by atoms with van der Waals surface area (Å²) in [5, 5.41) is 3.56. The van der Waals surface area contributed by atoms with Gasteiger partial charge < -0.3 is 5.32 Å². The Hall–Kier alpha value is -0.910. The van der Waals surface area contributed by atoms with E-state index in [1.54, 1.807) is 26.2 Å². The predicted molar refractivity (Wildman–Crippen MR) is 88.0 cm³/mol. The molecule has 0 saturated heterocycles. The molecule has 0 aromatic heterocycles. The van der Waals surface area contributed by atoms with Crippen molar-refractivity contribution >= 4 is 10.0 Å². The lowest BCUT2D eigenvalue weighted by Gasteiger charge is -2.18. The first-order valence-electron chi connectivity index (χ1n) is 7.66. The highest BCUT2D eigenvalue weighted by atomic mass is 32.2. The van der Waals surface area contributed by atoms with Crippen molar-refractivity contribution in [3.63, 3.8) is 0 Å². The van der Waals surface area contributed by atoms with Gasteiger partial charge >= 0.3 is 0 Å². The van der Waals surface area contributed by atoms with Gasteiger partial charge in [0, 0.05) is 20.1 Å². The highest BCUT2D eigenvalue weighted by Gasteiger charge is 2.17. The van der Waals surface area contributed by atoms with Gasteiger partial charge in [0.1, 0.15) is 0 Å². The second-order valence-electron chi connectivity index (χ2n) is 5.58. The van der Waals surface area contributed by atoms with Gasteiger partial charge in [-0.05, 0) is 43.5 Å². The lowest BCUT2D eigenvalue weighted by Crippen LogP contribution is -2.31. The van der Waals surface area contributed by atoms with E-state index in [4.69, 9.17) is 0 Å². The van der Waals surface area contributed by atoms with Crippen LogP contribution in [0.25, 0.3) is 0 Å². The Morgan fingerprint density at radius 1 is 1.10 bits per heavy atom. The molecular formula is C16H28N2O2S. The van der Waals surface area contributed by atoms with E-state index >= 15 is 0 Å². The van der Waals surface area contributed by atoms with E-state index in [0.717, 1.165) is 32.2 Å². The van der Waals surface area contributed by atoms with Crippen molar-refractivity contribution in [2.75, 3.05) is 20.6 Å². The molecule has 5 heteroatoms. The summed E-state index contributed by atoms with van der Waals surface area (Å²) in [6.45, 7) is 5.38. The van der Waals surface area contributed by atoms with Crippen molar-refractivity contribution in [1.29, 1.82) is 0 Å². The summed E-state index contributed by atoms with van der Waals surface area (Å²) in [6.07, 6.45) is 4.35. The Morgan fingerprint density at radius 2 is 1.71 bits per heavy atom. The summed E-state index contributed by atoms with van der Waals surface area (Å²) < 4.78 is 25.3. The molecule has 1 atom stereocenters. The molecule has 0 fully saturated rings. The first-order chi connectivity index (χ1) is 9.91. The minimum absolute atomic E-state index is 0.352. The lowest BCUT2D eigenvalue weighted by atomic mass is 10.0. The molecule has 1 unspecified atom stereocenters. The van der Waals surface area contributed by atoms with E-state index in [-0.39, 0.29) is 0 Å². The molecule has 0 aliphatic carbocycles. The summed E-state index contributed by atoms with van der Waals surface area (Å²) in [7, 11) is -0.227. The smallest absolute Gasteiger partial charge is 0.242 e.